The quantitative estimate of drug-likeness (QED) is 0.341. The molecule has 0 N–H and O–H groups in total. The van der Waals surface area contributed by atoms with Crippen LogP contribution >= 0.6 is 27.7 Å². The molecule has 2 aromatic carbocycles. The zero-order valence-corrected chi connectivity index (χ0v) is 17.2. The highest BCUT2D eigenvalue weighted by Gasteiger charge is 2.36. The third-order valence-corrected chi connectivity index (χ3v) is 5.35. The smallest absolute Gasteiger partial charge is 0.293 e. The highest BCUT2D eigenvalue weighted by molar-refractivity contribution is 9.10. The lowest BCUT2D eigenvalue weighted by Crippen LogP contribution is -2.27. The van der Waals surface area contributed by atoms with Gasteiger partial charge in [-0.05, 0) is 43.0 Å². The Morgan fingerprint density at radius 3 is 2.71 bits per heavy atom. The largest absolute Gasteiger partial charge is 0.493 e. The van der Waals surface area contributed by atoms with E-state index in [-0.39, 0.29) is 17.1 Å². The van der Waals surface area contributed by atoms with Crippen LogP contribution < -0.4 is 4.74 Å². The van der Waals surface area contributed by atoms with Crippen molar-refractivity contribution in [2.75, 3.05) is 6.61 Å². The number of benzene rings is 2. The van der Waals surface area contributed by atoms with Gasteiger partial charge in [0.1, 0.15) is 5.75 Å². The molecule has 0 spiro atoms. The number of para-hydroxylation sites is 1. The lowest BCUT2D eigenvalue weighted by Gasteiger charge is -2.12. The number of halogens is 1. The summed E-state index contributed by atoms with van der Waals surface area (Å²) in [7, 11) is 0. The van der Waals surface area contributed by atoms with Gasteiger partial charge in [0.25, 0.3) is 16.8 Å². The fraction of sp³-hybridized carbons (Fsp3) is 0.158. The summed E-state index contributed by atoms with van der Waals surface area (Å²) in [5.41, 5.74) is 0.831. The van der Waals surface area contributed by atoms with E-state index in [1.807, 2.05) is 13.0 Å². The van der Waals surface area contributed by atoms with E-state index in [1.54, 1.807) is 24.3 Å². The number of thioether (sulfide) groups is 1. The average molecular weight is 463 g/mol. The Hall–Kier alpha value is -2.65. The van der Waals surface area contributed by atoms with Gasteiger partial charge in [0.05, 0.1) is 23.0 Å². The lowest BCUT2D eigenvalue weighted by atomic mass is 10.1. The summed E-state index contributed by atoms with van der Waals surface area (Å²) in [6.45, 7) is 2.16. The Bertz CT molecular complexity index is 992. The Morgan fingerprint density at radius 1 is 1.25 bits per heavy atom. The minimum Gasteiger partial charge on any atom is -0.493 e. The molecule has 1 aliphatic rings. The molecule has 1 saturated heterocycles. The van der Waals surface area contributed by atoms with Crippen molar-refractivity contribution in [1.82, 2.24) is 4.90 Å². The molecule has 144 valence electrons. The van der Waals surface area contributed by atoms with Gasteiger partial charge in [-0.15, -0.1) is 0 Å². The number of hydrogen-bond acceptors (Lipinski definition) is 6. The first-order valence-electron chi connectivity index (χ1n) is 8.30. The Kier molecular flexibility index (Phi) is 6.15. The van der Waals surface area contributed by atoms with E-state index in [0.717, 1.165) is 21.1 Å². The molecule has 1 aliphatic heterocycles. The number of carbonyl (C=O) groups excluding carboxylic acids is 2. The highest BCUT2D eigenvalue weighted by atomic mass is 79.9. The second-order valence-electron chi connectivity index (χ2n) is 5.77. The Morgan fingerprint density at radius 2 is 2.00 bits per heavy atom. The Labute approximate surface area is 173 Å². The maximum absolute atomic E-state index is 12.8. The first-order valence-corrected chi connectivity index (χ1v) is 9.91. The predicted molar refractivity (Wildman–Crippen MR) is 110 cm³/mol. The van der Waals surface area contributed by atoms with Crippen LogP contribution in [0.5, 0.6) is 5.75 Å². The topological polar surface area (TPSA) is 89.8 Å². The van der Waals surface area contributed by atoms with Crippen molar-refractivity contribution >= 4 is 50.6 Å². The molecule has 0 atom stereocenters. The molecule has 3 rings (SSSR count). The standard InChI is InChI=1S/C19H15BrN2O5S/c1-2-27-16-8-7-14(20)9-13(16)10-17-18(23)21(19(24)28-17)11-12-5-3-4-6-15(12)22(25)26/h3-10H,2,11H2,1H3/b17-10+. The monoisotopic (exact) mass is 462 g/mol. The fourth-order valence-corrected chi connectivity index (χ4v) is 3.90. The number of hydrogen-bond donors (Lipinski definition) is 0. The van der Waals surface area contributed by atoms with Crippen LogP contribution in [0.15, 0.2) is 51.8 Å². The van der Waals surface area contributed by atoms with Gasteiger partial charge in [0.15, 0.2) is 0 Å². The van der Waals surface area contributed by atoms with Crippen LogP contribution in [0.2, 0.25) is 0 Å². The third kappa shape index (κ3) is 4.26. The minimum absolute atomic E-state index is 0.129. The van der Waals surface area contributed by atoms with Crippen LogP contribution in [0.3, 0.4) is 0 Å². The second kappa shape index (κ2) is 8.57. The number of ether oxygens (including phenoxy) is 1. The van der Waals surface area contributed by atoms with Gasteiger partial charge in [-0.3, -0.25) is 24.6 Å². The molecule has 1 heterocycles. The molecule has 0 aliphatic carbocycles. The van der Waals surface area contributed by atoms with Gasteiger partial charge in [-0.25, -0.2) is 0 Å². The SMILES string of the molecule is CCOc1ccc(Br)cc1/C=C1/SC(=O)N(Cc2ccccc2[N+](=O)[O-])C1=O. The average Bonchev–Trinajstić information content (AvgIpc) is 2.92. The molecule has 9 heteroatoms. The lowest BCUT2D eigenvalue weighted by molar-refractivity contribution is -0.385. The maximum Gasteiger partial charge on any atom is 0.293 e. The highest BCUT2D eigenvalue weighted by Crippen LogP contribution is 2.36. The molecule has 2 aromatic rings. The molecule has 2 amide bonds. The Balaban J connectivity index is 1.90. The second-order valence-corrected chi connectivity index (χ2v) is 7.68. The number of rotatable bonds is 6. The zero-order valence-electron chi connectivity index (χ0n) is 14.8. The van der Waals surface area contributed by atoms with E-state index in [4.69, 9.17) is 4.74 Å². The zero-order chi connectivity index (χ0) is 20.3. The molecule has 0 aromatic heterocycles. The summed E-state index contributed by atoms with van der Waals surface area (Å²) in [6, 6.07) is 11.4. The number of imide groups is 1. The summed E-state index contributed by atoms with van der Waals surface area (Å²) in [5.74, 6) is 0.103. The van der Waals surface area contributed by atoms with Crippen LogP contribution in [0, 0.1) is 10.1 Å². The molecule has 0 unspecified atom stereocenters. The van der Waals surface area contributed by atoms with Crippen LogP contribution in [-0.4, -0.2) is 27.6 Å². The number of nitrogens with zero attached hydrogens (tertiary/aromatic N) is 2. The fourth-order valence-electron chi connectivity index (χ4n) is 2.69. The summed E-state index contributed by atoms with van der Waals surface area (Å²) in [5, 5.41) is 10.7. The molecular weight excluding hydrogens is 448 g/mol. The van der Waals surface area contributed by atoms with Crippen LogP contribution in [-0.2, 0) is 11.3 Å². The van der Waals surface area contributed by atoms with Gasteiger partial charge in [0, 0.05) is 21.7 Å². The van der Waals surface area contributed by atoms with Crippen molar-refractivity contribution in [1.29, 1.82) is 0 Å². The maximum atomic E-state index is 12.8. The van der Waals surface area contributed by atoms with E-state index in [1.165, 1.54) is 18.2 Å². The van der Waals surface area contributed by atoms with Crippen molar-refractivity contribution in [3.63, 3.8) is 0 Å². The number of nitro benzene ring substituents is 1. The van der Waals surface area contributed by atoms with Crippen molar-refractivity contribution < 1.29 is 19.2 Å². The predicted octanol–water partition coefficient (Wildman–Crippen LogP) is 4.99. The van der Waals surface area contributed by atoms with Gasteiger partial charge < -0.3 is 4.74 Å². The first-order chi connectivity index (χ1) is 13.4. The van der Waals surface area contributed by atoms with E-state index in [2.05, 4.69) is 15.9 Å². The molecule has 1 fully saturated rings. The van der Waals surface area contributed by atoms with Crippen molar-refractivity contribution in [2.45, 2.75) is 13.5 Å². The molecular formula is C19H15BrN2O5S. The van der Waals surface area contributed by atoms with E-state index >= 15 is 0 Å². The van der Waals surface area contributed by atoms with Crippen molar-refractivity contribution in [3.05, 3.63) is 73.1 Å². The van der Waals surface area contributed by atoms with Gasteiger partial charge in [0.2, 0.25) is 0 Å². The van der Waals surface area contributed by atoms with E-state index < -0.39 is 16.1 Å². The van der Waals surface area contributed by atoms with Gasteiger partial charge in [-0.1, -0.05) is 34.1 Å². The minimum atomic E-state index is -0.528. The molecule has 0 bridgehead atoms. The third-order valence-electron chi connectivity index (χ3n) is 3.95. The first kappa shape index (κ1) is 20.1. The summed E-state index contributed by atoms with van der Waals surface area (Å²) < 4.78 is 6.38. The van der Waals surface area contributed by atoms with Crippen molar-refractivity contribution in [2.24, 2.45) is 0 Å². The van der Waals surface area contributed by atoms with E-state index in [0.29, 0.717) is 23.5 Å². The van der Waals surface area contributed by atoms with Crippen molar-refractivity contribution in [3.8, 4) is 5.75 Å². The number of nitro groups is 1. The molecule has 0 saturated carbocycles. The van der Waals surface area contributed by atoms with Gasteiger partial charge in [-0.2, -0.15) is 0 Å². The summed E-state index contributed by atoms with van der Waals surface area (Å²) in [4.78, 5) is 37.0. The molecule has 7 nitrogen and oxygen atoms in total. The molecule has 0 radical (unpaired) electrons. The van der Waals surface area contributed by atoms with Crippen LogP contribution in [0.25, 0.3) is 6.08 Å². The number of amides is 2. The normalized spacial score (nSPS) is 15.4. The van der Waals surface area contributed by atoms with Gasteiger partial charge >= 0.3 is 0 Å². The number of carbonyl (C=O) groups is 2. The summed E-state index contributed by atoms with van der Waals surface area (Å²) in [6.07, 6.45) is 1.60. The van der Waals surface area contributed by atoms with Crippen LogP contribution in [0.4, 0.5) is 10.5 Å². The van der Waals surface area contributed by atoms with E-state index in [9.17, 15) is 19.7 Å². The van der Waals surface area contributed by atoms with Crippen LogP contribution in [0.1, 0.15) is 18.1 Å². The molecule has 28 heavy (non-hydrogen) atoms. The summed E-state index contributed by atoms with van der Waals surface area (Å²) >= 11 is 4.18.